The quantitative estimate of drug-likeness (QED) is 0.785. The van der Waals surface area contributed by atoms with Crippen LogP contribution in [0.25, 0.3) is 11.3 Å². The Morgan fingerprint density at radius 3 is 2.83 bits per heavy atom. The van der Waals surface area contributed by atoms with E-state index in [9.17, 15) is 18.0 Å². The zero-order valence-corrected chi connectivity index (χ0v) is 16.5. The smallest absolute Gasteiger partial charge is 0.405 e. The number of carbonyl (C=O) groups is 1. The molecule has 0 aromatic carbocycles. The van der Waals surface area contributed by atoms with Gasteiger partial charge >= 0.3 is 6.18 Å². The molecule has 2 aromatic heterocycles. The Morgan fingerprint density at radius 2 is 2.17 bits per heavy atom. The number of hydrogen-bond acceptors (Lipinski definition) is 6. The molecule has 1 fully saturated rings. The maximum absolute atomic E-state index is 12.4. The van der Waals surface area contributed by atoms with E-state index in [1.807, 2.05) is 43.1 Å². The summed E-state index contributed by atoms with van der Waals surface area (Å²) in [5.74, 6) is 0.420. The molecule has 1 aliphatic heterocycles. The molecule has 3 rings (SSSR count). The number of rotatable bonds is 5. The Morgan fingerprint density at radius 1 is 1.41 bits per heavy atom. The van der Waals surface area contributed by atoms with E-state index in [2.05, 4.69) is 15.3 Å². The number of pyridine rings is 1. The third-order valence-electron chi connectivity index (χ3n) is 4.99. The number of aromatic nitrogens is 2. The van der Waals surface area contributed by atoms with Crippen molar-refractivity contribution < 1.29 is 22.4 Å². The standard InChI is InChI=1S/C19H24F3N5O2/c1-12-15(13-5-4-6-23-9-13)29-17(26-12)18(2,3)27-8-7-24-14(10-27)16(28)25-11-19(20,21)22/h4-6,9,14,24H,7-8,10-11H2,1-3H3,(H,25,28)/t14-/m0/s1. The van der Waals surface area contributed by atoms with Gasteiger partial charge in [-0.3, -0.25) is 14.7 Å². The van der Waals surface area contributed by atoms with Crippen LogP contribution in [0.15, 0.2) is 28.9 Å². The zero-order valence-electron chi connectivity index (χ0n) is 16.5. The molecule has 0 saturated carbocycles. The van der Waals surface area contributed by atoms with Crippen LogP contribution in [0, 0.1) is 6.92 Å². The Kier molecular flexibility index (Phi) is 5.95. The van der Waals surface area contributed by atoms with Gasteiger partial charge in [-0.2, -0.15) is 13.2 Å². The van der Waals surface area contributed by atoms with Crippen LogP contribution in [0.5, 0.6) is 0 Å². The molecule has 1 amide bonds. The summed E-state index contributed by atoms with van der Waals surface area (Å²) in [5.41, 5.74) is 0.871. The van der Waals surface area contributed by atoms with E-state index in [0.717, 1.165) is 11.3 Å². The van der Waals surface area contributed by atoms with E-state index in [1.165, 1.54) is 0 Å². The van der Waals surface area contributed by atoms with Crippen molar-refractivity contribution in [1.29, 1.82) is 0 Å². The topological polar surface area (TPSA) is 83.3 Å². The van der Waals surface area contributed by atoms with Gasteiger partial charge in [-0.1, -0.05) is 0 Å². The average Bonchev–Trinajstić information content (AvgIpc) is 3.09. The van der Waals surface area contributed by atoms with E-state index in [1.54, 1.807) is 12.4 Å². The summed E-state index contributed by atoms with van der Waals surface area (Å²) in [5, 5.41) is 4.91. The van der Waals surface area contributed by atoms with Crippen LogP contribution in [-0.2, 0) is 10.3 Å². The summed E-state index contributed by atoms with van der Waals surface area (Å²) in [6.45, 7) is 5.63. The Bertz CT molecular complexity index is 851. The van der Waals surface area contributed by atoms with Crippen LogP contribution in [0.1, 0.15) is 25.4 Å². The number of amides is 1. The molecule has 1 saturated heterocycles. The number of alkyl halides is 3. The van der Waals surface area contributed by atoms with Crippen LogP contribution < -0.4 is 10.6 Å². The lowest BCUT2D eigenvalue weighted by molar-refractivity contribution is -0.140. The Hall–Kier alpha value is -2.46. The highest BCUT2D eigenvalue weighted by Gasteiger charge is 2.39. The van der Waals surface area contributed by atoms with Crippen molar-refractivity contribution >= 4 is 5.91 Å². The second kappa shape index (κ2) is 8.11. The van der Waals surface area contributed by atoms with Crippen molar-refractivity contribution in [2.24, 2.45) is 0 Å². The van der Waals surface area contributed by atoms with Crippen LogP contribution in [-0.4, -0.2) is 59.2 Å². The Labute approximate surface area is 166 Å². The minimum atomic E-state index is -4.44. The van der Waals surface area contributed by atoms with Gasteiger partial charge < -0.3 is 15.1 Å². The van der Waals surface area contributed by atoms with E-state index < -0.39 is 30.2 Å². The van der Waals surface area contributed by atoms with Gasteiger partial charge in [0.15, 0.2) is 5.76 Å². The molecule has 1 aliphatic rings. The second-order valence-electron chi connectivity index (χ2n) is 7.52. The second-order valence-corrected chi connectivity index (χ2v) is 7.52. The summed E-state index contributed by atoms with van der Waals surface area (Å²) in [4.78, 5) is 22.8. The first-order valence-corrected chi connectivity index (χ1v) is 9.29. The van der Waals surface area contributed by atoms with E-state index >= 15 is 0 Å². The summed E-state index contributed by atoms with van der Waals surface area (Å²) in [6, 6.07) is 2.94. The predicted octanol–water partition coefficient (Wildman–Crippen LogP) is 2.23. The predicted molar refractivity (Wildman–Crippen MR) is 99.9 cm³/mol. The summed E-state index contributed by atoms with van der Waals surface area (Å²) in [7, 11) is 0. The molecule has 158 valence electrons. The van der Waals surface area contributed by atoms with Gasteiger partial charge in [0.25, 0.3) is 0 Å². The highest BCUT2D eigenvalue weighted by atomic mass is 19.4. The van der Waals surface area contributed by atoms with Crippen LogP contribution in [0.3, 0.4) is 0 Å². The third-order valence-corrected chi connectivity index (χ3v) is 4.99. The molecule has 0 aliphatic carbocycles. The monoisotopic (exact) mass is 411 g/mol. The largest absolute Gasteiger partial charge is 0.438 e. The van der Waals surface area contributed by atoms with E-state index in [4.69, 9.17) is 4.42 Å². The summed E-state index contributed by atoms with van der Waals surface area (Å²) >= 11 is 0. The molecular weight excluding hydrogens is 387 g/mol. The van der Waals surface area contributed by atoms with Crippen molar-refractivity contribution in [1.82, 2.24) is 25.5 Å². The van der Waals surface area contributed by atoms with Crippen molar-refractivity contribution in [2.75, 3.05) is 26.2 Å². The van der Waals surface area contributed by atoms with Gasteiger partial charge in [0.1, 0.15) is 6.54 Å². The highest BCUT2D eigenvalue weighted by Crippen LogP contribution is 2.33. The first-order valence-electron chi connectivity index (χ1n) is 9.29. The van der Waals surface area contributed by atoms with Crippen molar-refractivity contribution in [3.8, 4) is 11.3 Å². The van der Waals surface area contributed by atoms with Gasteiger partial charge in [-0.15, -0.1) is 0 Å². The number of carbonyl (C=O) groups excluding carboxylic acids is 1. The number of piperazine rings is 1. The molecule has 0 bridgehead atoms. The number of nitrogens with zero attached hydrogens (tertiary/aromatic N) is 3. The fourth-order valence-corrected chi connectivity index (χ4v) is 3.30. The van der Waals surface area contributed by atoms with Gasteiger partial charge in [-0.05, 0) is 32.9 Å². The van der Waals surface area contributed by atoms with Gasteiger partial charge in [0.2, 0.25) is 11.8 Å². The SMILES string of the molecule is Cc1nc(C(C)(C)N2CCN[C@H](C(=O)NCC(F)(F)F)C2)oc1-c1cccnc1. The third kappa shape index (κ3) is 4.94. The van der Waals surface area contributed by atoms with Crippen molar-refractivity contribution in [2.45, 2.75) is 38.5 Å². The van der Waals surface area contributed by atoms with Gasteiger partial charge in [-0.25, -0.2) is 4.98 Å². The number of aryl methyl sites for hydroxylation is 1. The fourth-order valence-electron chi connectivity index (χ4n) is 3.30. The molecule has 1 atom stereocenters. The minimum Gasteiger partial charge on any atom is -0.438 e. The number of nitrogens with one attached hydrogen (secondary N) is 2. The first-order chi connectivity index (χ1) is 13.6. The molecular formula is C19H24F3N5O2. The highest BCUT2D eigenvalue weighted by molar-refractivity contribution is 5.82. The van der Waals surface area contributed by atoms with Gasteiger partial charge in [0.05, 0.1) is 17.3 Å². The normalized spacial score (nSPS) is 18.6. The minimum absolute atomic E-state index is 0.236. The van der Waals surface area contributed by atoms with Crippen molar-refractivity contribution in [3.63, 3.8) is 0 Å². The molecule has 10 heteroatoms. The van der Waals surface area contributed by atoms with Crippen LogP contribution in [0.2, 0.25) is 0 Å². The maximum atomic E-state index is 12.4. The van der Waals surface area contributed by atoms with Crippen LogP contribution in [0.4, 0.5) is 13.2 Å². The molecule has 29 heavy (non-hydrogen) atoms. The average molecular weight is 411 g/mol. The molecule has 0 unspecified atom stereocenters. The molecule has 0 spiro atoms. The van der Waals surface area contributed by atoms with Crippen molar-refractivity contribution in [3.05, 3.63) is 36.1 Å². The Balaban J connectivity index is 1.74. The van der Waals surface area contributed by atoms with Crippen LogP contribution >= 0.6 is 0 Å². The lowest BCUT2D eigenvalue weighted by atomic mass is 10.00. The lowest BCUT2D eigenvalue weighted by Gasteiger charge is -2.41. The molecule has 7 nitrogen and oxygen atoms in total. The number of oxazole rings is 1. The molecule has 0 radical (unpaired) electrons. The zero-order chi connectivity index (χ0) is 21.2. The van der Waals surface area contributed by atoms with E-state index in [-0.39, 0.29) is 6.54 Å². The maximum Gasteiger partial charge on any atom is 0.405 e. The molecule has 2 aromatic rings. The lowest BCUT2D eigenvalue weighted by Crippen LogP contribution is -2.61. The number of hydrogen-bond donors (Lipinski definition) is 2. The summed E-state index contributed by atoms with van der Waals surface area (Å²) < 4.78 is 43.2. The fraction of sp³-hybridized carbons (Fsp3) is 0.526. The van der Waals surface area contributed by atoms with Gasteiger partial charge in [0, 0.05) is 37.6 Å². The summed E-state index contributed by atoms with van der Waals surface area (Å²) in [6.07, 6.45) is -1.08. The molecule has 3 heterocycles. The first kappa shape index (κ1) is 21.3. The molecule has 2 N–H and O–H groups in total. The number of halogens is 3. The van der Waals surface area contributed by atoms with E-state index in [0.29, 0.717) is 24.7 Å².